The van der Waals surface area contributed by atoms with E-state index in [0.29, 0.717) is 0 Å². The van der Waals surface area contributed by atoms with Crippen molar-refractivity contribution in [2.75, 3.05) is 0 Å². The number of rotatable bonds is 2. The molecule has 0 bridgehead atoms. The second kappa shape index (κ2) is 2.99. The summed E-state index contributed by atoms with van der Waals surface area (Å²) in [6.07, 6.45) is -1.89. The lowest BCUT2D eigenvalue weighted by Crippen LogP contribution is -2.48. The van der Waals surface area contributed by atoms with Crippen molar-refractivity contribution in [1.29, 1.82) is 0 Å². The number of cyclic esters (lactones) is 1. The van der Waals surface area contributed by atoms with Crippen LogP contribution in [0, 0.1) is 17.3 Å². The number of esters is 1. The van der Waals surface area contributed by atoms with Crippen molar-refractivity contribution in [3.63, 3.8) is 0 Å². The van der Waals surface area contributed by atoms with Crippen molar-refractivity contribution in [1.82, 2.24) is 0 Å². The van der Waals surface area contributed by atoms with E-state index in [0.717, 1.165) is 0 Å². The van der Waals surface area contributed by atoms with Crippen molar-refractivity contribution in [2.45, 2.75) is 30.5 Å². The summed E-state index contributed by atoms with van der Waals surface area (Å²) in [5.41, 5.74) is -0.609. The van der Waals surface area contributed by atoms with Gasteiger partial charge in [-0.1, -0.05) is 37.0 Å². The lowest BCUT2D eigenvalue weighted by Gasteiger charge is -2.29. The van der Waals surface area contributed by atoms with Gasteiger partial charge in [-0.05, 0) is 5.41 Å². The van der Waals surface area contributed by atoms with Crippen LogP contribution in [0.25, 0.3) is 0 Å². The van der Waals surface area contributed by atoms with Gasteiger partial charge in [-0.3, -0.25) is 4.79 Å². The van der Waals surface area contributed by atoms with Gasteiger partial charge in [0, 0.05) is 5.92 Å². The number of carbonyl (C=O) groups excluding carboxylic acids is 1. The van der Waals surface area contributed by atoms with Crippen LogP contribution in [0.5, 0.6) is 0 Å². The first-order valence-corrected chi connectivity index (χ1v) is 5.42. The molecule has 3 atom stereocenters. The third kappa shape index (κ3) is 1.37. The maximum Gasteiger partial charge on any atom is 0.345 e. The number of alkyl halides is 5. The molecule has 0 amide bonds. The monoisotopic (exact) mass is 276 g/mol. The topological polar surface area (TPSA) is 26.3 Å². The van der Waals surface area contributed by atoms with Gasteiger partial charge in [-0.15, -0.1) is 0 Å². The third-order valence-electron chi connectivity index (χ3n) is 3.47. The van der Waals surface area contributed by atoms with E-state index in [4.69, 9.17) is 23.2 Å². The quantitative estimate of drug-likeness (QED) is 0.573. The zero-order chi connectivity index (χ0) is 12.5. The highest BCUT2D eigenvalue weighted by molar-refractivity contribution is 6.47. The number of hydrogen-bond donors (Lipinski definition) is 0. The normalized spacial score (nSPS) is 36.9. The number of hydrogen-bond acceptors (Lipinski definition) is 2. The Bertz CT molecular complexity index is 351. The molecule has 1 saturated heterocycles. The van der Waals surface area contributed by atoms with Crippen LogP contribution in [0.4, 0.5) is 13.2 Å². The molecule has 1 heterocycles. The number of carbonyl (C=O) groups is 1. The Morgan fingerprint density at radius 2 is 1.81 bits per heavy atom. The molecule has 92 valence electrons. The van der Waals surface area contributed by atoms with E-state index in [1.54, 1.807) is 13.8 Å². The highest BCUT2D eigenvalue weighted by Crippen LogP contribution is 2.68. The number of fused-ring (bicyclic) bond motifs is 1. The van der Waals surface area contributed by atoms with Gasteiger partial charge in [-0.25, -0.2) is 4.39 Å². The molecule has 2 aliphatic rings. The lowest BCUT2D eigenvalue weighted by molar-refractivity contribution is -0.183. The summed E-state index contributed by atoms with van der Waals surface area (Å²) in [5.74, 6) is -6.20. The summed E-state index contributed by atoms with van der Waals surface area (Å²) in [6, 6.07) is 0. The number of halogens is 5. The van der Waals surface area contributed by atoms with E-state index in [1.807, 2.05) is 0 Å². The highest BCUT2D eigenvalue weighted by Gasteiger charge is 2.78. The first-order valence-electron chi connectivity index (χ1n) is 4.66. The average Bonchev–Trinajstić information content (AvgIpc) is 2.48. The van der Waals surface area contributed by atoms with E-state index >= 15 is 0 Å². The SMILES string of the molecule is CC1(C)[C@@H]2C(=O)OC(C(F)(F)C(F)(Cl)Cl)[C@@H]21. The molecule has 2 nitrogen and oxygen atoms in total. The smallest absolute Gasteiger partial charge is 0.345 e. The molecule has 0 spiro atoms. The Hall–Kier alpha value is -0.160. The summed E-state index contributed by atoms with van der Waals surface area (Å²) in [5, 5.41) is 0. The molecule has 16 heavy (non-hydrogen) atoms. The Labute approximate surface area is 100 Å². The van der Waals surface area contributed by atoms with Crippen molar-refractivity contribution in [3.05, 3.63) is 0 Å². The Kier molecular flexibility index (Phi) is 2.30. The van der Waals surface area contributed by atoms with Gasteiger partial charge >= 0.3 is 16.5 Å². The van der Waals surface area contributed by atoms with Crippen molar-refractivity contribution in [2.24, 2.45) is 17.3 Å². The summed E-state index contributed by atoms with van der Waals surface area (Å²) >= 11 is 9.57. The standard InChI is InChI=1S/C9H9Cl2F3O2/c1-7(2)3-4(7)6(15)16-5(3)8(12,13)9(10,11)14/h3-5H,1-2H3/t3-,4+,5?/m1/s1. The van der Waals surface area contributed by atoms with Crippen LogP contribution in [0.15, 0.2) is 0 Å². The molecule has 1 aliphatic carbocycles. The fourth-order valence-corrected chi connectivity index (χ4v) is 2.64. The maximum atomic E-state index is 13.5. The van der Waals surface area contributed by atoms with E-state index < -0.39 is 39.8 Å². The fourth-order valence-electron chi connectivity index (χ4n) is 2.43. The average molecular weight is 277 g/mol. The lowest BCUT2D eigenvalue weighted by atomic mass is 10.0. The van der Waals surface area contributed by atoms with E-state index in [1.165, 1.54) is 0 Å². The zero-order valence-corrected chi connectivity index (χ0v) is 9.95. The summed E-state index contributed by atoms with van der Waals surface area (Å²) in [4.78, 5) is 11.3. The van der Waals surface area contributed by atoms with Gasteiger partial charge < -0.3 is 4.74 Å². The largest absolute Gasteiger partial charge is 0.455 e. The highest BCUT2D eigenvalue weighted by atomic mass is 35.5. The fraction of sp³-hybridized carbons (Fsp3) is 0.889. The van der Waals surface area contributed by atoms with E-state index in [2.05, 4.69) is 4.74 Å². The van der Waals surface area contributed by atoms with Crippen molar-refractivity contribution >= 4 is 29.2 Å². The van der Waals surface area contributed by atoms with Gasteiger partial charge in [0.15, 0.2) is 6.10 Å². The Morgan fingerprint density at radius 1 is 1.31 bits per heavy atom. The van der Waals surface area contributed by atoms with Gasteiger partial charge in [0.25, 0.3) is 0 Å². The predicted octanol–water partition coefficient (Wildman–Crippen LogP) is 2.92. The minimum Gasteiger partial charge on any atom is -0.455 e. The minimum atomic E-state index is -4.11. The first kappa shape index (κ1) is 12.3. The van der Waals surface area contributed by atoms with Crippen LogP contribution in [0.2, 0.25) is 0 Å². The molecule has 1 saturated carbocycles. The van der Waals surface area contributed by atoms with Crippen molar-refractivity contribution in [3.8, 4) is 0 Å². The van der Waals surface area contributed by atoms with Crippen LogP contribution < -0.4 is 0 Å². The number of ether oxygens (including phenoxy) is 1. The second-order valence-corrected chi connectivity index (χ2v) is 6.04. The summed E-state index contributed by atoms with van der Waals surface area (Å²) in [6.45, 7) is 3.29. The van der Waals surface area contributed by atoms with Crippen LogP contribution in [0.3, 0.4) is 0 Å². The Morgan fingerprint density at radius 3 is 2.12 bits per heavy atom. The molecule has 0 aromatic heterocycles. The van der Waals surface area contributed by atoms with Crippen LogP contribution in [-0.2, 0) is 9.53 Å². The Balaban J connectivity index is 2.29. The molecule has 0 aromatic carbocycles. The molecule has 7 heteroatoms. The molecule has 2 rings (SSSR count). The zero-order valence-electron chi connectivity index (χ0n) is 8.44. The van der Waals surface area contributed by atoms with Gasteiger partial charge in [0.05, 0.1) is 5.92 Å². The molecule has 0 N–H and O–H groups in total. The first-order chi connectivity index (χ1) is 7.01. The molecule has 1 aliphatic heterocycles. The van der Waals surface area contributed by atoms with Crippen LogP contribution >= 0.6 is 23.2 Å². The van der Waals surface area contributed by atoms with Crippen LogP contribution in [-0.4, -0.2) is 22.6 Å². The molecule has 1 unspecified atom stereocenters. The van der Waals surface area contributed by atoms with Crippen molar-refractivity contribution < 1.29 is 22.7 Å². The minimum absolute atomic E-state index is 0.609. The van der Waals surface area contributed by atoms with E-state index in [-0.39, 0.29) is 0 Å². The summed E-state index contributed by atoms with van der Waals surface area (Å²) < 4.78 is 40.7. The molecule has 0 aromatic rings. The third-order valence-corrected chi connectivity index (χ3v) is 3.97. The van der Waals surface area contributed by atoms with Gasteiger partial charge in [0.2, 0.25) is 0 Å². The van der Waals surface area contributed by atoms with E-state index in [9.17, 15) is 18.0 Å². The van der Waals surface area contributed by atoms with Gasteiger partial charge in [-0.2, -0.15) is 8.78 Å². The maximum absolute atomic E-state index is 13.5. The molecular weight excluding hydrogens is 268 g/mol. The predicted molar refractivity (Wildman–Crippen MR) is 51.1 cm³/mol. The summed E-state index contributed by atoms with van der Waals surface area (Å²) in [7, 11) is 0. The second-order valence-electron chi connectivity index (χ2n) is 4.80. The molecule has 0 radical (unpaired) electrons. The molecule has 2 fully saturated rings. The molecular formula is C9H9Cl2F3O2. The van der Waals surface area contributed by atoms with Crippen LogP contribution in [0.1, 0.15) is 13.8 Å². The van der Waals surface area contributed by atoms with Gasteiger partial charge in [0.1, 0.15) is 0 Å².